The predicted octanol–water partition coefficient (Wildman–Crippen LogP) is 2.19. The molecule has 0 saturated carbocycles. The van der Waals surface area contributed by atoms with E-state index in [4.69, 9.17) is 0 Å². The van der Waals surface area contributed by atoms with Crippen LogP contribution in [0.15, 0.2) is 53.6 Å². The lowest BCUT2D eigenvalue weighted by molar-refractivity contribution is 0.0988. The van der Waals surface area contributed by atoms with Crippen molar-refractivity contribution in [2.24, 2.45) is 7.05 Å². The van der Waals surface area contributed by atoms with Crippen molar-refractivity contribution < 1.29 is 9.18 Å². The summed E-state index contributed by atoms with van der Waals surface area (Å²) < 4.78 is 14.6. The van der Waals surface area contributed by atoms with E-state index in [1.54, 1.807) is 37.2 Å². The highest BCUT2D eigenvalue weighted by Gasteiger charge is 2.16. The van der Waals surface area contributed by atoms with E-state index in [0.717, 1.165) is 5.56 Å². The molecule has 6 nitrogen and oxygen atoms in total. The minimum atomic E-state index is -0.399. The third-order valence-corrected chi connectivity index (χ3v) is 3.63. The van der Waals surface area contributed by atoms with Crippen LogP contribution in [0.25, 0.3) is 11.1 Å². The summed E-state index contributed by atoms with van der Waals surface area (Å²) >= 11 is 0. The van der Waals surface area contributed by atoms with Crippen molar-refractivity contribution in [1.29, 1.82) is 0 Å². The molecule has 1 amide bonds. The molecule has 1 aromatic carbocycles. The number of hydrogen-bond acceptors (Lipinski definition) is 3. The minimum absolute atomic E-state index is 0.146. The summed E-state index contributed by atoms with van der Waals surface area (Å²) in [7, 11) is 3.33. The third kappa shape index (κ3) is 3.10. The largest absolute Gasteiger partial charge is 0.318 e. The Hall–Kier alpha value is -3.22. The molecular formula is C17H15FN4O2. The third-order valence-electron chi connectivity index (χ3n) is 3.63. The van der Waals surface area contributed by atoms with Gasteiger partial charge < -0.3 is 9.88 Å². The number of pyridine rings is 1. The maximum atomic E-state index is 13.0. The molecule has 24 heavy (non-hydrogen) atoms. The van der Waals surface area contributed by atoms with Gasteiger partial charge in [-0.3, -0.25) is 14.3 Å². The molecule has 0 saturated heterocycles. The standard InChI is InChI=1S/C17H15FN4O2/c1-21-10-12(9-19-21)11-7-15(20-16(23)8-11)17(24)22(2)14-5-3-13(18)4-6-14/h3-10H,1-2H3,(H,20,23). The SMILES string of the molecule is CN(C(=O)c1cc(-c2cnn(C)c2)cc(=O)[nH]1)c1ccc(F)cc1. The number of amides is 1. The van der Waals surface area contributed by atoms with Crippen LogP contribution in [-0.4, -0.2) is 27.7 Å². The van der Waals surface area contributed by atoms with Gasteiger partial charge in [-0.25, -0.2) is 4.39 Å². The van der Waals surface area contributed by atoms with E-state index in [-0.39, 0.29) is 17.1 Å². The lowest BCUT2D eigenvalue weighted by Crippen LogP contribution is -2.28. The Balaban J connectivity index is 1.96. The number of benzene rings is 1. The number of aromatic nitrogens is 3. The lowest BCUT2D eigenvalue weighted by Gasteiger charge is -2.17. The van der Waals surface area contributed by atoms with Crippen LogP contribution in [0.1, 0.15) is 10.5 Å². The van der Waals surface area contributed by atoms with E-state index in [1.807, 2.05) is 0 Å². The molecule has 3 aromatic rings. The second-order valence-electron chi connectivity index (χ2n) is 5.39. The van der Waals surface area contributed by atoms with Crippen LogP contribution in [0.4, 0.5) is 10.1 Å². The van der Waals surface area contributed by atoms with E-state index < -0.39 is 5.91 Å². The molecule has 0 aliphatic heterocycles. The molecule has 0 aliphatic rings. The number of aryl methyl sites for hydroxylation is 1. The van der Waals surface area contributed by atoms with Crippen LogP contribution in [0, 0.1) is 5.82 Å². The van der Waals surface area contributed by atoms with Crippen molar-refractivity contribution in [3.8, 4) is 11.1 Å². The van der Waals surface area contributed by atoms with Crippen molar-refractivity contribution in [3.05, 3.63) is 70.7 Å². The van der Waals surface area contributed by atoms with Crippen molar-refractivity contribution in [3.63, 3.8) is 0 Å². The van der Waals surface area contributed by atoms with Gasteiger partial charge in [0.15, 0.2) is 0 Å². The summed E-state index contributed by atoms with van der Waals surface area (Å²) in [5, 5.41) is 4.06. The monoisotopic (exact) mass is 326 g/mol. The van der Waals surface area contributed by atoms with Crippen LogP contribution in [0.5, 0.6) is 0 Å². The van der Waals surface area contributed by atoms with Crippen molar-refractivity contribution >= 4 is 11.6 Å². The predicted molar refractivity (Wildman–Crippen MR) is 88.4 cm³/mol. The van der Waals surface area contributed by atoms with E-state index >= 15 is 0 Å². The minimum Gasteiger partial charge on any atom is -0.318 e. The number of H-pyrrole nitrogens is 1. The van der Waals surface area contributed by atoms with Crippen molar-refractivity contribution in [1.82, 2.24) is 14.8 Å². The first-order valence-corrected chi connectivity index (χ1v) is 7.21. The van der Waals surface area contributed by atoms with Crippen LogP contribution in [0.3, 0.4) is 0 Å². The van der Waals surface area contributed by atoms with Gasteiger partial charge in [0.1, 0.15) is 11.5 Å². The molecule has 0 radical (unpaired) electrons. The van der Waals surface area contributed by atoms with Gasteiger partial charge in [0, 0.05) is 37.6 Å². The Morgan fingerprint density at radius 2 is 1.92 bits per heavy atom. The average molecular weight is 326 g/mol. The average Bonchev–Trinajstić information content (AvgIpc) is 3.00. The van der Waals surface area contributed by atoms with Gasteiger partial charge >= 0.3 is 0 Å². The zero-order valence-corrected chi connectivity index (χ0v) is 13.2. The second-order valence-corrected chi connectivity index (χ2v) is 5.39. The van der Waals surface area contributed by atoms with Crippen LogP contribution in [-0.2, 0) is 7.05 Å². The molecule has 0 bridgehead atoms. The molecular weight excluding hydrogens is 311 g/mol. The summed E-state index contributed by atoms with van der Waals surface area (Å²) in [4.78, 5) is 28.4. The van der Waals surface area contributed by atoms with Crippen LogP contribution in [0.2, 0.25) is 0 Å². The Bertz CT molecular complexity index is 944. The molecule has 2 heterocycles. The van der Waals surface area contributed by atoms with E-state index in [9.17, 15) is 14.0 Å². The van der Waals surface area contributed by atoms with Crippen molar-refractivity contribution in [2.45, 2.75) is 0 Å². The summed E-state index contributed by atoms with van der Waals surface area (Å²) in [5.74, 6) is -0.781. The van der Waals surface area contributed by atoms with Gasteiger partial charge in [0.25, 0.3) is 5.91 Å². The molecule has 3 rings (SSSR count). The number of nitrogens with one attached hydrogen (secondary N) is 1. The summed E-state index contributed by atoms with van der Waals surface area (Å²) in [6.07, 6.45) is 3.37. The molecule has 122 valence electrons. The molecule has 0 spiro atoms. The highest BCUT2D eigenvalue weighted by molar-refractivity contribution is 6.04. The topological polar surface area (TPSA) is 71.0 Å². The highest BCUT2D eigenvalue weighted by Crippen LogP contribution is 2.19. The summed E-state index contributed by atoms with van der Waals surface area (Å²) in [6.45, 7) is 0. The quantitative estimate of drug-likeness (QED) is 0.802. The van der Waals surface area contributed by atoms with Gasteiger partial charge in [0.2, 0.25) is 5.56 Å². The molecule has 0 unspecified atom stereocenters. The van der Waals surface area contributed by atoms with Gasteiger partial charge in [-0.15, -0.1) is 0 Å². The van der Waals surface area contributed by atoms with Gasteiger partial charge in [0.05, 0.1) is 6.20 Å². The molecule has 0 fully saturated rings. The van der Waals surface area contributed by atoms with Crippen molar-refractivity contribution in [2.75, 3.05) is 11.9 Å². The number of anilines is 1. The summed E-state index contributed by atoms with van der Waals surface area (Å²) in [5.41, 5.74) is 1.62. The maximum absolute atomic E-state index is 13.0. The first-order valence-electron chi connectivity index (χ1n) is 7.21. The number of aromatic amines is 1. The first kappa shape index (κ1) is 15.7. The highest BCUT2D eigenvalue weighted by atomic mass is 19.1. The Kier molecular flexibility index (Phi) is 3.99. The number of nitrogens with zero attached hydrogens (tertiary/aromatic N) is 3. The molecule has 0 aliphatic carbocycles. The number of halogens is 1. The number of carbonyl (C=O) groups excluding carboxylic acids is 1. The smallest absolute Gasteiger partial charge is 0.274 e. The van der Waals surface area contributed by atoms with E-state index in [2.05, 4.69) is 10.1 Å². The molecule has 1 N–H and O–H groups in total. The molecule has 2 aromatic heterocycles. The Morgan fingerprint density at radius 1 is 1.21 bits per heavy atom. The van der Waals surface area contributed by atoms with E-state index in [0.29, 0.717) is 11.3 Å². The second kappa shape index (κ2) is 6.11. The van der Waals surface area contributed by atoms with Gasteiger partial charge in [-0.1, -0.05) is 0 Å². The fourth-order valence-electron chi connectivity index (χ4n) is 2.36. The zero-order chi connectivity index (χ0) is 17.3. The van der Waals surface area contributed by atoms with Crippen LogP contribution >= 0.6 is 0 Å². The zero-order valence-electron chi connectivity index (χ0n) is 13.2. The number of rotatable bonds is 3. The fraction of sp³-hybridized carbons (Fsp3) is 0.118. The first-order chi connectivity index (χ1) is 11.4. The van der Waals surface area contributed by atoms with Crippen LogP contribution < -0.4 is 10.5 Å². The summed E-state index contributed by atoms with van der Waals surface area (Å²) in [6, 6.07) is 8.54. The normalized spacial score (nSPS) is 10.6. The number of hydrogen-bond donors (Lipinski definition) is 1. The van der Waals surface area contributed by atoms with Gasteiger partial charge in [-0.05, 0) is 35.9 Å². The Labute approximate surface area is 137 Å². The number of carbonyl (C=O) groups is 1. The molecule has 7 heteroatoms. The molecule has 0 atom stereocenters. The van der Waals surface area contributed by atoms with Gasteiger partial charge in [-0.2, -0.15) is 5.10 Å². The Morgan fingerprint density at radius 3 is 2.54 bits per heavy atom. The maximum Gasteiger partial charge on any atom is 0.274 e. The fourth-order valence-corrected chi connectivity index (χ4v) is 2.36. The van der Waals surface area contributed by atoms with E-state index in [1.165, 1.54) is 35.2 Å². The lowest BCUT2D eigenvalue weighted by atomic mass is 10.1.